The van der Waals surface area contributed by atoms with E-state index in [4.69, 9.17) is 10.5 Å². The van der Waals surface area contributed by atoms with E-state index in [2.05, 4.69) is 5.32 Å². The van der Waals surface area contributed by atoms with Gasteiger partial charge in [-0.3, -0.25) is 14.4 Å². The monoisotopic (exact) mass is 334 g/mol. The quantitative estimate of drug-likeness (QED) is 0.688. The highest BCUT2D eigenvalue weighted by molar-refractivity contribution is 6.12. The maximum absolute atomic E-state index is 12.5. The van der Waals surface area contributed by atoms with Crippen LogP contribution in [-0.4, -0.2) is 29.0 Å². The first kappa shape index (κ1) is 17.8. The topological polar surface area (TPSA) is 119 Å². The molecule has 7 heteroatoms. The average Bonchev–Trinajstić information content (AvgIpc) is 3.04. The Labute approximate surface area is 140 Å². The second-order valence-corrected chi connectivity index (χ2v) is 6.97. The summed E-state index contributed by atoms with van der Waals surface area (Å²) in [4.78, 5) is 35.6. The fourth-order valence-corrected chi connectivity index (χ4v) is 2.86. The summed E-state index contributed by atoms with van der Waals surface area (Å²) in [5.74, 6) is -2.13. The fraction of sp³-hybridized carbons (Fsp3) is 0.471. The lowest BCUT2D eigenvalue weighted by atomic mass is 9.95. The standard InChI is InChI=1S/C17H22N2O5/c1-9(2)24-12-6-5-10(7-11(12)13(18)20)19-14(21)17(15(22)23)8-16(17,3)4/h5-7,9H,8H2,1-4H3,(H2,18,20)(H,19,21)(H,22,23). The van der Waals surface area contributed by atoms with Crippen molar-refractivity contribution >= 4 is 23.5 Å². The first-order valence-corrected chi connectivity index (χ1v) is 7.66. The van der Waals surface area contributed by atoms with Gasteiger partial charge in [0.15, 0.2) is 5.41 Å². The predicted molar refractivity (Wildman–Crippen MR) is 87.8 cm³/mol. The molecule has 0 radical (unpaired) electrons. The Morgan fingerprint density at radius 1 is 1.29 bits per heavy atom. The highest BCUT2D eigenvalue weighted by atomic mass is 16.5. The number of hydrogen-bond acceptors (Lipinski definition) is 4. The van der Waals surface area contributed by atoms with Crippen molar-refractivity contribution in [2.75, 3.05) is 5.32 Å². The van der Waals surface area contributed by atoms with Crippen LogP contribution in [0.4, 0.5) is 5.69 Å². The molecule has 1 unspecified atom stereocenters. The molecule has 2 amide bonds. The number of hydrogen-bond donors (Lipinski definition) is 3. The van der Waals surface area contributed by atoms with E-state index in [0.29, 0.717) is 11.4 Å². The minimum absolute atomic E-state index is 0.126. The van der Waals surface area contributed by atoms with Crippen LogP contribution in [0.1, 0.15) is 44.5 Å². The molecule has 1 fully saturated rings. The Hall–Kier alpha value is -2.57. The third-order valence-electron chi connectivity index (χ3n) is 4.36. The number of amides is 2. The molecule has 0 bridgehead atoms. The lowest BCUT2D eigenvalue weighted by molar-refractivity contribution is -0.149. The Morgan fingerprint density at radius 3 is 2.29 bits per heavy atom. The normalized spacial score (nSPS) is 21.2. The third-order valence-corrected chi connectivity index (χ3v) is 4.36. The molecule has 1 saturated carbocycles. The van der Waals surface area contributed by atoms with E-state index in [9.17, 15) is 19.5 Å². The van der Waals surface area contributed by atoms with Gasteiger partial charge in [0.25, 0.3) is 5.91 Å². The van der Waals surface area contributed by atoms with Crippen molar-refractivity contribution in [3.05, 3.63) is 23.8 Å². The number of rotatable bonds is 6. The summed E-state index contributed by atoms with van der Waals surface area (Å²) in [6.07, 6.45) is 0.115. The van der Waals surface area contributed by atoms with Crippen molar-refractivity contribution in [1.29, 1.82) is 0 Å². The summed E-state index contributed by atoms with van der Waals surface area (Å²) < 4.78 is 5.51. The Morgan fingerprint density at radius 2 is 1.88 bits per heavy atom. The number of ether oxygens (including phenoxy) is 1. The summed E-state index contributed by atoms with van der Waals surface area (Å²) in [6.45, 7) is 7.09. The number of carboxylic acid groups (broad SMARTS) is 1. The Bertz CT molecular complexity index is 711. The number of carbonyl (C=O) groups excluding carboxylic acids is 2. The van der Waals surface area contributed by atoms with Crippen molar-refractivity contribution in [2.24, 2.45) is 16.6 Å². The maximum Gasteiger partial charge on any atom is 0.319 e. The molecule has 4 N–H and O–H groups in total. The van der Waals surface area contributed by atoms with Gasteiger partial charge in [-0.25, -0.2) is 0 Å². The molecule has 1 atom stereocenters. The zero-order valence-electron chi connectivity index (χ0n) is 14.2. The number of anilines is 1. The molecule has 1 aliphatic rings. The van der Waals surface area contributed by atoms with Crippen molar-refractivity contribution in [3.63, 3.8) is 0 Å². The van der Waals surface area contributed by atoms with E-state index < -0.39 is 28.6 Å². The molecule has 0 heterocycles. The first-order chi connectivity index (χ1) is 11.0. The lowest BCUT2D eigenvalue weighted by Gasteiger charge is -2.17. The number of carboxylic acids is 1. The number of nitrogens with one attached hydrogen (secondary N) is 1. The van der Waals surface area contributed by atoms with Crippen LogP contribution in [0.3, 0.4) is 0 Å². The van der Waals surface area contributed by atoms with E-state index >= 15 is 0 Å². The maximum atomic E-state index is 12.5. The Kier molecular flexibility index (Phi) is 4.31. The molecule has 1 aromatic carbocycles. The molecule has 1 aliphatic carbocycles. The minimum atomic E-state index is -1.45. The molecule has 2 rings (SSSR count). The second-order valence-electron chi connectivity index (χ2n) is 6.97. The highest BCUT2D eigenvalue weighted by Crippen LogP contribution is 2.64. The van der Waals surface area contributed by atoms with E-state index in [1.807, 2.05) is 13.8 Å². The van der Waals surface area contributed by atoms with E-state index in [-0.39, 0.29) is 18.1 Å². The summed E-state index contributed by atoms with van der Waals surface area (Å²) in [6, 6.07) is 4.47. The van der Waals surface area contributed by atoms with E-state index in [0.717, 1.165) is 0 Å². The molecule has 130 valence electrons. The van der Waals surface area contributed by atoms with Gasteiger partial charge in [-0.2, -0.15) is 0 Å². The highest BCUT2D eigenvalue weighted by Gasteiger charge is 2.72. The van der Waals surface area contributed by atoms with Crippen LogP contribution < -0.4 is 15.8 Å². The van der Waals surface area contributed by atoms with Gasteiger partial charge in [0, 0.05) is 5.69 Å². The van der Waals surface area contributed by atoms with Gasteiger partial charge in [0.2, 0.25) is 5.91 Å². The minimum Gasteiger partial charge on any atom is -0.490 e. The summed E-state index contributed by atoms with van der Waals surface area (Å²) >= 11 is 0. The first-order valence-electron chi connectivity index (χ1n) is 7.66. The molecule has 0 aromatic heterocycles. The molecule has 1 aromatic rings. The van der Waals surface area contributed by atoms with Crippen LogP contribution in [0.5, 0.6) is 5.75 Å². The van der Waals surface area contributed by atoms with Crippen molar-refractivity contribution in [2.45, 2.75) is 40.2 Å². The number of nitrogens with two attached hydrogens (primary N) is 1. The molecule has 0 saturated heterocycles. The van der Waals surface area contributed by atoms with Gasteiger partial charge < -0.3 is 20.9 Å². The molecule has 24 heavy (non-hydrogen) atoms. The zero-order valence-corrected chi connectivity index (χ0v) is 14.2. The smallest absolute Gasteiger partial charge is 0.319 e. The van der Waals surface area contributed by atoms with E-state index in [1.54, 1.807) is 19.9 Å². The molecular weight excluding hydrogens is 312 g/mol. The van der Waals surface area contributed by atoms with Crippen molar-refractivity contribution in [1.82, 2.24) is 0 Å². The summed E-state index contributed by atoms with van der Waals surface area (Å²) in [5.41, 5.74) is 3.71. The Balaban J connectivity index is 2.28. The number of primary amides is 1. The molecule has 0 aliphatic heterocycles. The van der Waals surface area contributed by atoms with Gasteiger partial charge in [-0.05, 0) is 43.9 Å². The summed E-state index contributed by atoms with van der Waals surface area (Å²) in [5, 5.41) is 12.0. The predicted octanol–water partition coefficient (Wildman–Crippen LogP) is 2.01. The number of aliphatic carboxylic acids is 1. The second kappa shape index (κ2) is 5.81. The third kappa shape index (κ3) is 2.93. The van der Waals surface area contributed by atoms with Crippen LogP contribution >= 0.6 is 0 Å². The average molecular weight is 334 g/mol. The van der Waals surface area contributed by atoms with Crippen LogP contribution in [0.2, 0.25) is 0 Å². The molecule has 0 spiro atoms. The van der Waals surface area contributed by atoms with Gasteiger partial charge in [0.1, 0.15) is 5.75 Å². The van der Waals surface area contributed by atoms with Crippen LogP contribution in [0, 0.1) is 10.8 Å². The SMILES string of the molecule is CC(C)Oc1ccc(NC(=O)C2(C(=O)O)CC2(C)C)cc1C(N)=O. The number of benzene rings is 1. The van der Waals surface area contributed by atoms with Gasteiger partial charge >= 0.3 is 5.97 Å². The zero-order chi connectivity index (χ0) is 18.3. The van der Waals surface area contributed by atoms with Crippen molar-refractivity contribution < 1.29 is 24.2 Å². The van der Waals surface area contributed by atoms with E-state index in [1.165, 1.54) is 12.1 Å². The lowest BCUT2D eigenvalue weighted by Crippen LogP contribution is -2.35. The van der Waals surface area contributed by atoms with Crippen LogP contribution in [0.15, 0.2) is 18.2 Å². The van der Waals surface area contributed by atoms with Crippen LogP contribution in [-0.2, 0) is 9.59 Å². The fourth-order valence-electron chi connectivity index (χ4n) is 2.86. The van der Waals surface area contributed by atoms with Gasteiger partial charge in [0.05, 0.1) is 11.7 Å². The van der Waals surface area contributed by atoms with Gasteiger partial charge in [-0.1, -0.05) is 13.8 Å². The van der Waals surface area contributed by atoms with Gasteiger partial charge in [-0.15, -0.1) is 0 Å². The number of carbonyl (C=O) groups is 3. The summed E-state index contributed by atoms with van der Waals surface area (Å²) in [7, 11) is 0. The molecular formula is C17H22N2O5. The van der Waals surface area contributed by atoms with Crippen molar-refractivity contribution in [3.8, 4) is 5.75 Å². The molecule has 7 nitrogen and oxygen atoms in total. The largest absolute Gasteiger partial charge is 0.490 e. The van der Waals surface area contributed by atoms with Crippen LogP contribution in [0.25, 0.3) is 0 Å².